The first-order valence-corrected chi connectivity index (χ1v) is 7.08. The lowest BCUT2D eigenvalue weighted by Crippen LogP contribution is -2.37. The van der Waals surface area contributed by atoms with Gasteiger partial charge in [-0.15, -0.1) is 0 Å². The highest BCUT2D eigenvalue weighted by Gasteiger charge is 2.23. The maximum absolute atomic E-state index is 5.57. The van der Waals surface area contributed by atoms with E-state index in [9.17, 15) is 0 Å². The number of nitrogens with zero attached hydrogens (tertiary/aromatic N) is 3. The average Bonchev–Trinajstić information content (AvgIpc) is 2.81. The van der Waals surface area contributed by atoms with E-state index < -0.39 is 0 Å². The summed E-state index contributed by atoms with van der Waals surface area (Å²) in [5.74, 6) is 1.82. The van der Waals surface area contributed by atoms with Gasteiger partial charge in [0.1, 0.15) is 5.82 Å². The van der Waals surface area contributed by atoms with Crippen molar-refractivity contribution in [2.75, 3.05) is 32.8 Å². The Morgan fingerprint density at radius 2 is 2.33 bits per heavy atom. The summed E-state index contributed by atoms with van der Waals surface area (Å²) >= 11 is 0. The molecule has 102 valence electrons. The number of ether oxygens (including phenoxy) is 1. The molecule has 1 aromatic rings. The normalized spacial score (nSPS) is 21.3. The SMILES string of the molecule is CCCOCCN1CCCC(c2nccn2C)C1. The van der Waals surface area contributed by atoms with Crippen LogP contribution in [0.5, 0.6) is 0 Å². The molecule has 0 aromatic carbocycles. The Kier molecular flexibility index (Phi) is 5.20. The lowest BCUT2D eigenvalue weighted by atomic mass is 9.97. The van der Waals surface area contributed by atoms with Gasteiger partial charge in [0.25, 0.3) is 0 Å². The number of piperidine rings is 1. The number of hydrogen-bond acceptors (Lipinski definition) is 3. The lowest BCUT2D eigenvalue weighted by molar-refractivity contribution is 0.0921. The molecule has 1 atom stereocenters. The molecular weight excluding hydrogens is 226 g/mol. The van der Waals surface area contributed by atoms with E-state index in [2.05, 4.69) is 28.4 Å². The monoisotopic (exact) mass is 251 g/mol. The molecule has 2 heterocycles. The minimum absolute atomic E-state index is 0.588. The number of rotatable bonds is 6. The van der Waals surface area contributed by atoms with Gasteiger partial charge < -0.3 is 14.2 Å². The number of likely N-dealkylation sites (tertiary alicyclic amines) is 1. The van der Waals surface area contributed by atoms with Crippen molar-refractivity contribution in [3.63, 3.8) is 0 Å². The minimum atomic E-state index is 0.588. The molecule has 1 unspecified atom stereocenters. The van der Waals surface area contributed by atoms with E-state index in [0.29, 0.717) is 5.92 Å². The molecule has 1 aromatic heterocycles. The third-order valence-electron chi connectivity index (χ3n) is 3.63. The Morgan fingerprint density at radius 1 is 1.44 bits per heavy atom. The van der Waals surface area contributed by atoms with E-state index in [-0.39, 0.29) is 0 Å². The van der Waals surface area contributed by atoms with Crippen molar-refractivity contribution in [3.8, 4) is 0 Å². The second-order valence-corrected chi connectivity index (χ2v) is 5.15. The van der Waals surface area contributed by atoms with E-state index in [4.69, 9.17) is 4.74 Å². The molecule has 1 saturated heterocycles. The summed E-state index contributed by atoms with van der Waals surface area (Å²) < 4.78 is 7.73. The second kappa shape index (κ2) is 6.90. The molecular formula is C14H25N3O. The minimum Gasteiger partial charge on any atom is -0.380 e. The Morgan fingerprint density at radius 3 is 3.06 bits per heavy atom. The highest BCUT2D eigenvalue weighted by atomic mass is 16.5. The van der Waals surface area contributed by atoms with Crippen LogP contribution in [0, 0.1) is 0 Å². The van der Waals surface area contributed by atoms with Gasteiger partial charge >= 0.3 is 0 Å². The number of aromatic nitrogens is 2. The maximum atomic E-state index is 5.57. The summed E-state index contributed by atoms with van der Waals surface area (Å²) in [6, 6.07) is 0. The van der Waals surface area contributed by atoms with Gasteiger partial charge in [-0.05, 0) is 25.8 Å². The van der Waals surface area contributed by atoms with Gasteiger partial charge in [0, 0.05) is 45.1 Å². The maximum Gasteiger partial charge on any atom is 0.112 e. The first-order valence-electron chi connectivity index (χ1n) is 7.08. The van der Waals surface area contributed by atoms with E-state index in [0.717, 1.165) is 32.7 Å². The third kappa shape index (κ3) is 3.56. The van der Waals surface area contributed by atoms with Crippen molar-refractivity contribution in [1.82, 2.24) is 14.5 Å². The zero-order valence-electron chi connectivity index (χ0n) is 11.6. The van der Waals surface area contributed by atoms with E-state index in [1.165, 1.54) is 25.2 Å². The Labute approximate surface area is 110 Å². The molecule has 0 spiro atoms. The van der Waals surface area contributed by atoms with Gasteiger partial charge in [0.05, 0.1) is 6.61 Å². The largest absolute Gasteiger partial charge is 0.380 e. The van der Waals surface area contributed by atoms with E-state index in [1.807, 2.05) is 12.4 Å². The quantitative estimate of drug-likeness (QED) is 0.725. The van der Waals surface area contributed by atoms with Crippen LogP contribution in [0.25, 0.3) is 0 Å². The standard InChI is InChI=1S/C14H25N3O/c1-3-10-18-11-9-17-7-4-5-13(12-17)14-15-6-8-16(14)2/h6,8,13H,3-5,7,9-12H2,1-2H3. The Hall–Kier alpha value is -0.870. The van der Waals surface area contributed by atoms with Crippen molar-refractivity contribution in [1.29, 1.82) is 0 Å². The smallest absolute Gasteiger partial charge is 0.112 e. The van der Waals surface area contributed by atoms with Gasteiger partial charge in [0.15, 0.2) is 0 Å². The van der Waals surface area contributed by atoms with Crippen molar-refractivity contribution < 1.29 is 4.74 Å². The van der Waals surface area contributed by atoms with Gasteiger partial charge in [-0.1, -0.05) is 6.92 Å². The average molecular weight is 251 g/mol. The van der Waals surface area contributed by atoms with Crippen molar-refractivity contribution >= 4 is 0 Å². The highest BCUT2D eigenvalue weighted by Crippen LogP contribution is 2.24. The predicted octanol–water partition coefficient (Wildman–Crippen LogP) is 2.03. The lowest BCUT2D eigenvalue weighted by Gasteiger charge is -2.32. The molecule has 18 heavy (non-hydrogen) atoms. The molecule has 4 nitrogen and oxygen atoms in total. The molecule has 0 N–H and O–H groups in total. The van der Waals surface area contributed by atoms with Crippen molar-refractivity contribution in [2.24, 2.45) is 7.05 Å². The van der Waals surface area contributed by atoms with Crippen molar-refractivity contribution in [3.05, 3.63) is 18.2 Å². The Bertz CT molecular complexity index is 351. The van der Waals surface area contributed by atoms with E-state index in [1.54, 1.807) is 0 Å². The predicted molar refractivity (Wildman–Crippen MR) is 72.7 cm³/mol. The summed E-state index contributed by atoms with van der Waals surface area (Å²) in [5, 5.41) is 0. The number of imidazole rings is 1. The molecule has 0 bridgehead atoms. The first kappa shape index (κ1) is 13.6. The molecule has 0 amide bonds. The van der Waals surface area contributed by atoms with Crippen LogP contribution in [0.4, 0.5) is 0 Å². The summed E-state index contributed by atoms with van der Waals surface area (Å²) in [7, 11) is 2.09. The van der Waals surface area contributed by atoms with E-state index >= 15 is 0 Å². The topological polar surface area (TPSA) is 30.3 Å². The van der Waals surface area contributed by atoms with Crippen LogP contribution in [-0.4, -0.2) is 47.3 Å². The fourth-order valence-corrected chi connectivity index (χ4v) is 2.68. The molecule has 1 fully saturated rings. The molecule has 0 saturated carbocycles. The number of hydrogen-bond donors (Lipinski definition) is 0. The molecule has 2 rings (SSSR count). The number of aryl methyl sites for hydroxylation is 1. The summed E-state index contributed by atoms with van der Waals surface area (Å²) in [6.07, 6.45) is 7.58. The van der Waals surface area contributed by atoms with Crippen molar-refractivity contribution in [2.45, 2.75) is 32.1 Å². The molecule has 1 aliphatic heterocycles. The summed E-state index contributed by atoms with van der Waals surface area (Å²) in [4.78, 5) is 7.00. The zero-order chi connectivity index (χ0) is 12.8. The fraction of sp³-hybridized carbons (Fsp3) is 0.786. The Balaban J connectivity index is 1.80. The van der Waals surface area contributed by atoms with Gasteiger partial charge in [-0.2, -0.15) is 0 Å². The van der Waals surface area contributed by atoms with Crippen LogP contribution in [0.15, 0.2) is 12.4 Å². The van der Waals surface area contributed by atoms with Crippen LogP contribution >= 0.6 is 0 Å². The molecule has 4 heteroatoms. The van der Waals surface area contributed by atoms with Crippen LogP contribution in [-0.2, 0) is 11.8 Å². The zero-order valence-corrected chi connectivity index (χ0v) is 11.6. The third-order valence-corrected chi connectivity index (χ3v) is 3.63. The molecule has 0 aliphatic carbocycles. The fourth-order valence-electron chi connectivity index (χ4n) is 2.68. The van der Waals surface area contributed by atoms with Gasteiger partial charge in [-0.25, -0.2) is 4.98 Å². The van der Waals surface area contributed by atoms with Crippen LogP contribution in [0.1, 0.15) is 37.9 Å². The molecule has 1 aliphatic rings. The summed E-state index contributed by atoms with van der Waals surface area (Å²) in [6.45, 7) is 7.29. The highest BCUT2D eigenvalue weighted by molar-refractivity contribution is 5.02. The molecule has 0 radical (unpaired) electrons. The van der Waals surface area contributed by atoms with Crippen LogP contribution in [0.2, 0.25) is 0 Å². The summed E-state index contributed by atoms with van der Waals surface area (Å²) in [5.41, 5.74) is 0. The second-order valence-electron chi connectivity index (χ2n) is 5.15. The van der Waals surface area contributed by atoms with Crippen LogP contribution in [0.3, 0.4) is 0 Å². The van der Waals surface area contributed by atoms with Gasteiger partial charge in [0.2, 0.25) is 0 Å². The van der Waals surface area contributed by atoms with Crippen LogP contribution < -0.4 is 0 Å². The van der Waals surface area contributed by atoms with Gasteiger partial charge in [-0.3, -0.25) is 0 Å². The first-order chi connectivity index (χ1) is 8.81.